The van der Waals surface area contributed by atoms with Gasteiger partial charge in [0.25, 0.3) is 0 Å². The Hall–Kier alpha value is -3.92. The van der Waals surface area contributed by atoms with Crippen molar-refractivity contribution in [2.75, 3.05) is 20.1 Å². The van der Waals surface area contributed by atoms with Crippen LogP contribution >= 0.6 is 0 Å². The molecule has 1 heterocycles. The van der Waals surface area contributed by atoms with Crippen LogP contribution in [0.1, 0.15) is 11.5 Å². The van der Waals surface area contributed by atoms with Crippen LogP contribution in [0.2, 0.25) is 0 Å². The quantitative estimate of drug-likeness (QED) is 0.761. The van der Waals surface area contributed by atoms with Gasteiger partial charge in [0.05, 0.1) is 44.1 Å². The number of hydrogen-bond donors (Lipinski definition) is 2. The lowest BCUT2D eigenvalue weighted by Gasteiger charge is -2.46. The van der Waals surface area contributed by atoms with Crippen LogP contribution in [0.4, 0.5) is 0 Å². The van der Waals surface area contributed by atoms with Crippen molar-refractivity contribution in [1.29, 1.82) is 21.2 Å². The number of nitrogens with zero attached hydrogens (tertiary/aromatic N) is 3. The highest BCUT2D eigenvalue weighted by Gasteiger charge is 2.58. The molecule has 1 fully saturated rings. The fourth-order valence-corrected chi connectivity index (χ4v) is 4.83. The fourth-order valence-electron chi connectivity index (χ4n) is 4.83. The maximum absolute atomic E-state index is 10.1. The van der Waals surface area contributed by atoms with E-state index in [1.807, 2.05) is 60.7 Å². The van der Waals surface area contributed by atoms with Crippen LogP contribution < -0.4 is 9.64 Å². The highest BCUT2D eigenvalue weighted by atomic mass is 16.5. The summed E-state index contributed by atoms with van der Waals surface area (Å²) in [6.45, 7) is 1.45. The molecule has 1 aliphatic carbocycles. The van der Waals surface area contributed by atoms with Crippen LogP contribution in [0.25, 0.3) is 0 Å². The molecular formula is C25H22N5O+. The molecule has 31 heavy (non-hydrogen) atoms. The number of rotatable bonds is 3. The fraction of sp³-hybridized carbons (Fsp3) is 0.280. The highest BCUT2D eigenvalue weighted by molar-refractivity contribution is 6.00. The van der Waals surface area contributed by atoms with Gasteiger partial charge < -0.3 is 15.0 Å². The third kappa shape index (κ3) is 3.36. The van der Waals surface area contributed by atoms with Crippen molar-refractivity contribution in [3.63, 3.8) is 0 Å². The number of nitriles is 3. The Labute approximate surface area is 181 Å². The third-order valence-corrected chi connectivity index (χ3v) is 6.28. The number of hydrogen-bond acceptors (Lipinski definition) is 5. The lowest BCUT2D eigenvalue weighted by atomic mass is 9.54. The molecule has 2 aliphatic rings. The molecule has 0 spiro atoms. The molecule has 1 saturated carbocycles. The van der Waals surface area contributed by atoms with Crippen molar-refractivity contribution in [3.05, 3.63) is 71.8 Å². The predicted molar refractivity (Wildman–Crippen MR) is 114 cm³/mol. The summed E-state index contributed by atoms with van der Waals surface area (Å²) in [6, 6.07) is 23.2. The molecule has 4 atom stereocenters. The van der Waals surface area contributed by atoms with Gasteiger partial charge in [0.2, 0.25) is 0 Å². The molecule has 152 valence electrons. The van der Waals surface area contributed by atoms with E-state index in [1.165, 1.54) is 4.90 Å². The van der Waals surface area contributed by atoms with Crippen molar-refractivity contribution in [2.45, 2.75) is 5.92 Å². The zero-order chi connectivity index (χ0) is 22.0. The maximum atomic E-state index is 10.1. The van der Waals surface area contributed by atoms with E-state index in [2.05, 4.69) is 25.3 Å². The Kier molecular flexibility index (Phi) is 5.30. The monoisotopic (exact) mass is 408 g/mol. The second kappa shape index (κ2) is 8.07. The lowest BCUT2D eigenvalue weighted by molar-refractivity contribution is -0.878. The van der Waals surface area contributed by atoms with Crippen molar-refractivity contribution in [1.82, 2.24) is 0 Å². The maximum Gasteiger partial charge on any atom is 0.189 e. The lowest BCUT2D eigenvalue weighted by Crippen LogP contribution is -3.10. The highest BCUT2D eigenvalue weighted by Crippen LogP contribution is 2.52. The van der Waals surface area contributed by atoms with E-state index < -0.39 is 17.3 Å². The van der Waals surface area contributed by atoms with Gasteiger partial charge in [-0.05, 0) is 41.5 Å². The van der Waals surface area contributed by atoms with Gasteiger partial charge in [-0.3, -0.25) is 0 Å². The number of fused-ring (bicyclic) bond motifs is 1. The summed E-state index contributed by atoms with van der Waals surface area (Å²) in [7, 11) is 2.06. The van der Waals surface area contributed by atoms with Crippen molar-refractivity contribution in [3.8, 4) is 29.7 Å². The Morgan fingerprint density at radius 3 is 2.42 bits per heavy atom. The van der Waals surface area contributed by atoms with E-state index in [4.69, 9.17) is 10.1 Å². The number of nitrogens with one attached hydrogen (secondary N) is 2. The van der Waals surface area contributed by atoms with Crippen LogP contribution in [-0.4, -0.2) is 25.8 Å². The topological polar surface area (TPSA) is 109 Å². The van der Waals surface area contributed by atoms with E-state index in [9.17, 15) is 15.8 Å². The summed E-state index contributed by atoms with van der Waals surface area (Å²) in [5.41, 5.74) is -0.200. The summed E-state index contributed by atoms with van der Waals surface area (Å²) in [4.78, 5) is 1.24. The van der Waals surface area contributed by atoms with E-state index in [0.717, 1.165) is 17.7 Å². The van der Waals surface area contributed by atoms with Crippen LogP contribution in [0, 0.1) is 56.7 Å². The molecule has 1 aliphatic heterocycles. The first kappa shape index (κ1) is 20.4. The molecule has 6 nitrogen and oxygen atoms in total. The van der Waals surface area contributed by atoms with Gasteiger partial charge in [-0.25, -0.2) is 0 Å². The minimum atomic E-state index is -1.70. The summed E-state index contributed by atoms with van der Waals surface area (Å²) < 4.78 is 5.98. The first-order valence-corrected chi connectivity index (χ1v) is 10.2. The molecule has 0 amide bonds. The number of ether oxygens (including phenoxy) is 1. The Balaban J connectivity index is 1.84. The van der Waals surface area contributed by atoms with E-state index in [0.29, 0.717) is 18.0 Å². The molecule has 4 rings (SSSR count). The number of benzene rings is 2. The molecule has 2 N–H and O–H groups in total. The zero-order valence-corrected chi connectivity index (χ0v) is 17.2. The van der Waals surface area contributed by atoms with Gasteiger partial charge in [-0.1, -0.05) is 30.3 Å². The van der Waals surface area contributed by atoms with Gasteiger partial charge in [-0.2, -0.15) is 15.8 Å². The molecule has 2 aromatic carbocycles. The van der Waals surface area contributed by atoms with Crippen LogP contribution in [0.3, 0.4) is 0 Å². The van der Waals surface area contributed by atoms with Gasteiger partial charge in [0.15, 0.2) is 5.41 Å². The SMILES string of the molecule is C[NH+]1CC=C2C(C#N)C(=N)C(C#N)(C#N)[C@@H](c3cccc(Oc4ccccc4)c3)[C@@H]2C1. The molecule has 0 radical (unpaired) electrons. The zero-order valence-electron chi connectivity index (χ0n) is 17.2. The first-order chi connectivity index (χ1) is 15.0. The third-order valence-electron chi connectivity index (χ3n) is 6.28. The molecule has 0 aromatic heterocycles. The largest absolute Gasteiger partial charge is 0.457 e. The number of quaternary nitrogens is 1. The minimum Gasteiger partial charge on any atom is -0.457 e. The smallest absolute Gasteiger partial charge is 0.189 e. The van der Waals surface area contributed by atoms with Gasteiger partial charge in [-0.15, -0.1) is 0 Å². The van der Waals surface area contributed by atoms with Crippen LogP contribution in [0.15, 0.2) is 66.2 Å². The van der Waals surface area contributed by atoms with E-state index in [-0.39, 0.29) is 11.6 Å². The van der Waals surface area contributed by atoms with E-state index >= 15 is 0 Å². The summed E-state index contributed by atoms with van der Waals surface area (Å²) in [5, 5.41) is 38.7. The summed E-state index contributed by atoms with van der Waals surface area (Å²) in [6.07, 6.45) is 2.02. The van der Waals surface area contributed by atoms with Crippen molar-refractivity contribution in [2.24, 2.45) is 17.3 Å². The van der Waals surface area contributed by atoms with Crippen molar-refractivity contribution >= 4 is 5.71 Å². The average Bonchev–Trinajstić information content (AvgIpc) is 2.79. The molecule has 0 saturated heterocycles. The number of likely N-dealkylation sites (N-methyl/N-ethyl adjacent to an activating group) is 1. The van der Waals surface area contributed by atoms with Gasteiger partial charge in [0.1, 0.15) is 17.4 Å². The van der Waals surface area contributed by atoms with Gasteiger partial charge >= 0.3 is 0 Å². The second-order valence-electron chi connectivity index (χ2n) is 8.15. The van der Waals surface area contributed by atoms with E-state index in [1.54, 1.807) is 0 Å². The Morgan fingerprint density at radius 2 is 1.74 bits per heavy atom. The molecule has 2 aromatic rings. The molecule has 2 unspecified atom stereocenters. The molecule has 0 bridgehead atoms. The first-order valence-electron chi connectivity index (χ1n) is 10.2. The average molecular weight is 408 g/mol. The Bertz CT molecular complexity index is 1150. The minimum absolute atomic E-state index is 0.124. The number of para-hydroxylation sites is 1. The second-order valence-corrected chi connectivity index (χ2v) is 8.15. The normalized spacial score (nSPS) is 26.4. The standard InChI is InChI=1S/C25H21N5O/c1-30-11-10-20-21(13-26)24(29)25(15-27,16-28)23(22(20)14-30)17-6-5-9-19(12-17)31-18-7-3-2-4-8-18/h2-10,12,21-23,29H,11,14H2,1H3/p+1/t21?,22-,23+/m1/s1. The van der Waals surface area contributed by atoms with Gasteiger partial charge in [0, 0.05) is 11.8 Å². The van der Waals surface area contributed by atoms with Crippen LogP contribution in [0.5, 0.6) is 11.5 Å². The summed E-state index contributed by atoms with van der Waals surface area (Å²) >= 11 is 0. The van der Waals surface area contributed by atoms with Crippen molar-refractivity contribution < 1.29 is 9.64 Å². The predicted octanol–water partition coefficient (Wildman–Crippen LogP) is 2.84. The molecular weight excluding hydrogens is 386 g/mol. The Morgan fingerprint density at radius 1 is 1.03 bits per heavy atom. The molecule has 6 heteroatoms. The summed E-state index contributed by atoms with van der Waals surface area (Å²) in [5.74, 6) is -0.282. The van der Waals surface area contributed by atoms with Crippen LogP contribution in [-0.2, 0) is 0 Å².